The standard InChI is InChI=1S/C23H20N2O/c1-24(2)21-19-15-9-10-16-25(19)22(20(21)17-11-5-3-6-12-17)23(26)18-13-7-4-8-14-18/h3-16H,1-2H3. The molecule has 0 atom stereocenters. The molecular formula is C23H20N2O. The molecule has 0 aliphatic rings. The summed E-state index contributed by atoms with van der Waals surface area (Å²) in [5, 5.41) is 0. The Bertz CT molecular complexity index is 1060. The number of anilines is 1. The van der Waals surface area contributed by atoms with Crippen LogP contribution in [0.3, 0.4) is 0 Å². The van der Waals surface area contributed by atoms with Gasteiger partial charge in [-0.1, -0.05) is 66.7 Å². The third-order valence-corrected chi connectivity index (χ3v) is 4.58. The molecule has 0 aliphatic heterocycles. The van der Waals surface area contributed by atoms with Gasteiger partial charge in [0.15, 0.2) is 0 Å². The highest BCUT2D eigenvalue weighted by atomic mass is 16.1. The number of carbonyl (C=O) groups is 1. The van der Waals surface area contributed by atoms with Crippen molar-refractivity contribution in [2.75, 3.05) is 19.0 Å². The van der Waals surface area contributed by atoms with Crippen molar-refractivity contribution in [2.45, 2.75) is 0 Å². The molecule has 0 unspecified atom stereocenters. The second-order valence-corrected chi connectivity index (χ2v) is 6.48. The minimum Gasteiger partial charge on any atom is -0.375 e. The highest BCUT2D eigenvalue weighted by molar-refractivity contribution is 6.16. The van der Waals surface area contributed by atoms with Crippen molar-refractivity contribution < 1.29 is 4.79 Å². The monoisotopic (exact) mass is 340 g/mol. The highest BCUT2D eigenvalue weighted by Gasteiger charge is 2.25. The van der Waals surface area contributed by atoms with Gasteiger partial charge in [-0.3, -0.25) is 4.79 Å². The molecule has 26 heavy (non-hydrogen) atoms. The number of hydrogen-bond acceptors (Lipinski definition) is 2. The lowest BCUT2D eigenvalue weighted by Crippen LogP contribution is -2.10. The Morgan fingerprint density at radius 2 is 1.42 bits per heavy atom. The molecule has 0 bridgehead atoms. The fraction of sp³-hybridized carbons (Fsp3) is 0.0870. The summed E-state index contributed by atoms with van der Waals surface area (Å²) in [5.41, 5.74) is 5.47. The van der Waals surface area contributed by atoms with Gasteiger partial charge >= 0.3 is 0 Å². The van der Waals surface area contributed by atoms with Crippen molar-refractivity contribution in [3.8, 4) is 11.1 Å². The van der Waals surface area contributed by atoms with E-state index in [1.807, 2.05) is 85.4 Å². The third-order valence-electron chi connectivity index (χ3n) is 4.58. The van der Waals surface area contributed by atoms with Crippen LogP contribution >= 0.6 is 0 Å². The Morgan fingerprint density at radius 3 is 2.08 bits per heavy atom. The molecule has 0 aliphatic carbocycles. The summed E-state index contributed by atoms with van der Waals surface area (Å²) < 4.78 is 2.01. The Hall–Kier alpha value is -3.33. The number of benzene rings is 2. The molecule has 0 fully saturated rings. The lowest BCUT2D eigenvalue weighted by atomic mass is 9.98. The predicted octanol–water partition coefficient (Wildman–Crippen LogP) is 4.90. The molecule has 2 aromatic heterocycles. The second kappa shape index (κ2) is 6.52. The van der Waals surface area contributed by atoms with Crippen LogP contribution in [0, 0.1) is 0 Å². The summed E-state index contributed by atoms with van der Waals surface area (Å²) in [6.45, 7) is 0. The van der Waals surface area contributed by atoms with Crippen molar-refractivity contribution in [1.82, 2.24) is 4.40 Å². The minimum atomic E-state index is 0.0266. The summed E-state index contributed by atoms with van der Waals surface area (Å²) in [4.78, 5) is 15.5. The molecule has 128 valence electrons. The smallest absolute Gasteiger partial charge is 0.210 e. The summed E-state index contributed by atoms with van der Waals surface area (Å²) in [5.74, 6) is 0.0266. The first-order valence-electron chi connectivity index (χ1n) is 8.64. The van der Waals surface area contributed by atoms with Crippen LogP contribution in [0.5, 0.6) is 0 Å². The zero-order chi connectivity index (χ0) is 18.1. The number of pyridine rings is 1. The van der Waals surface area contributed by atoms with Crippen LogP contribution in [-0.4, -0.2) is 24.3 Å². The Morgan fingerprint density at radius 1 is 0.808 bits per heavy atom. The van der Waals surface area contributed by atoms with Gasteiger partial charge in [0.05, 0.1) is 11.2 Å². The second-order valence-electron chi connectivity index (χ2n) is 6.48. The fourth-order valence-corrected chi connectivity index (χ4v) is 3.47. The van der Waals surface area contributed by atoms with Gasteiger partial charge in [-0.25, -0.2) is 0 Å². The molecule has 4 aromatic rings. The van der Waals surface area contributed by atoms with Crippen molar-refractivity contribution in [3.63, 3.8) is 0 Å². The van der Waals surface area contributed by atoms with E-state index in [0.717, 1.165) is 22.3 Å². The number of ketones is 1. The van der Waals surface area contributed by atoms with E-state index in [1.165, 1.54) is 0 Å². The zero-order valence-corrected chi connectivity index (χ0v) is 14.9. The van der Waals surface area contributed by atoms with Crippen LogP contribution in [0.15, 0.2) is 85.1 Å². The van der Waals surface area contributed by atoms with Gasteiger partial charge in [0.2, 0.25) is 5.78 Å². The molecule has 0 N–H and O–H groups in total. The van der Waals surface area contributed by atoms with Crippen LogP contribution in [-0.2, 0) is 0 Å². The van der Waals surface area contributed by atoms with Gasteiger partial charge in [0.1, 0.15) is 5.69 Å². The first kappa shape index (κ1) is 16.2. The third kappa shape index (κ3) is 2.58. The Kier molecular flexibility index (Phi) is 4.05. The molecule has 0 saturated carbocycles. The lowest BCUT2D eigenvalue weighted by molar-refractivity contribution is 0.103. The quantitative estimate of drug-likeness (QED) is 0.493. The Labute approximate surface area is 153 Å². The van der Waals surface area contributed by atoms with E-state index in [4.69, 9.17) is 0 Å². The van der Waals surface area contributed by atoms with E-state index in [2.05, 4.69) is 23.1 Å². The van der Waals surface area contributed by atoms with Crippen LogP contribution in [0.1, 0.15) is 16.1 Å². The van der Waals surface area contributed by atoms with E-state index >= 15 is 0 Å². The number of hydrogen-bond donors (Lipinski definition) is 0. The SMILES string of the molecule is CN(C)c1c(-c2ccccc2)c(C(=O)c2ccccc2)n2ccccc12. The normalized spacial score (nSPS) is 10.8. The number of nitrogens with zero attached hydrogens (tertiary/aromatic N) is 2. The van der Waals surface area contributed by atoms with Crippen molar-refractivity contribution in [2.24, 2.45) is 0 Å². The molecule has 0 amide bonds. The van der Waals surface area contributed by atoms with Crippen molar-refractivity contribution in [3.05, 3.63) is 96.3 Å². The van der Waals surface area contributed by atoms with Crippen LogP contribution in [0.4, 0.5) is 5.69 Å². The summed E-state index contributed by atoms with van der Waals surface area (Å²) >= 11 is 0. The van der Waals surface area contributed by atoms with Crippen LogP contribution < -0.4 is 4.90 Å². The van der Waals surface area contributed by atoms with E-state index in [9.17, 15) is 4.79 Å². The van der Waals surface area contributed by atoms with E-state index in [0.29, 0.717) is 11.3 Å². The zero-order valence-electron chi connectivity index (χ0n) is 14.9. The first-order valence-corrected chi connectivity index (χ1v) is 8.64. The maximum Gasteiger partial charge on any atom is 0.210 e. The van der Waals surface area contributed by atoms with Crippen molar-refractivity contribution >= 4 is 17.0 Å². The molecule has 2 aromatic carbocycles. The number of carbonyl (C=O) groups excluding carboxylic acids is 1. The molecular weight excluding hydrogens is 320 g/mol. The summed E-state index contributed by atoms with van der Waals surface area (Å²) in [6.07, 6.45) is 1.96. The summed E-state index contributed by atoms with van der Waals surface area (Å²) in [6, 6.07) is 25.6. The van der Waals surface area contributed by atoms with Gasteiger partial charge in [-0.2, -0.15) is 0 Å². The summed E-state index contributed by atoms with van der Waals surface area (Å²) in [7, 11) is 4.04. The fourth-order valence-electron chi connectivity index (χ4n) is 3.47. The maximum atomic E-state index is 13.5. The average Bonchev–Trinajstić information content (AvgIpc) is 3.04. The topological polar surface area (TPSA) is 24.7 Å². The molecule has 0 saturated heterocycles. The minimum absolute atomic E-state index is 0.0266. The Balaban J connectivity index is 2.10. The van der Waals surface area contributed by atoms with Crippen LogP contribution in [0.25, 0.3) is 16.6 Å². The molecule has 2 heterocycles. The molecule has 3 nitrogen and oxygen atoms in total. The number of aromatic nitrogens is 1. The van der Waals surface area contributed by atoms with Gasteiger partial charge in [0, 0.05) is 31.4 Å². The average molecular weight is 340 g/mol. The van der Waals surface area contributed by atoms with E-state index < -0.39 is 0 Å². The van der Waals surface area contributed by atoms with Gasteiger partial charge < -0.3 is 9.30 Å². The van der Waals surface area contributed by atoms with Crippen molar-refractivity contribution in [1.29, 1.82) is 0 Å². The van der Waals surface area contributed by atoms with E-state index in [1.54, 1.807) is 0 Å². The lowest BCUT2D eigenvalue weighted by Gasteiger charge is -2.15. The maximum absolute atomic E-state index is 13.5. The van der Waals surface area contributed by atoms with Gasteiger partial charge in [-0.15, -0.1) is 0 Å². The number of rotatable bonds is 4. The van der Waals surface area contributed by atoms with E-state index in [-0.39, 0.29) is 5.78 Å². The highest BCUT2D eigenvalue weighted by Crippen LogP contribution is 2.40. The number of fused-ring (bicyclic) bond motifs is 1. The van der Waals surface area contributed by atoms with Gasteiger partial charge in [0.25, 0.3) is 0 Å². The van der Waals surface area contributed by atoms with Crippen LogP contribution in [0.2, 0.25) is 0 Å². The molecule has 0 radical (unpaired) electrons. The predicted molar refractivity (Wildman–Crippen MR) is 107 cm³/mol. The molecule has 3 heteroatoms. The largest absolute Gasteiger partial charge is 0.375 e. The first-order chi connectivity index (χ1) is 12.7. The molecule has 4 rings (SSSR count). The molecule has 0 spiro atoms. The van der Waals surface area contributed by atoms with Gasteiger partial charge in [-0.05, 0) is 17.7 Å².